The highest BCUT2D eigenvalue weighted by Gasteiger charge is 2.11. The van der Waals surface area contributed by atoms with E-state index in [4.69, 9.17) is 32.7 Å². The van der Waals surface area contributed by atoms with Crippen molar-refractivity contribution in [2.24, 2.45) is 0 Å². The van der Waals surface area contributed by atoms with Crippen LogP contribution in [0.2, 0.25) is 10.0 Å². The summed E-state index contributed by atoms with van der Waals surface area (Å²) >= 11 is 11.8. The van der Waals surface area contributed by atoms with Gasteiger partial charge in [0.25, 0.3) is 0 Å². The Kier molecular flexibility index (Phi) is 5.52. The number of ketones is 1. The largest absolute Gasteiger partial charge is 0.493 e. The average Bonchev–Trinajstić information content (AvgIpc) is 2.54. The van der Waals surface area contributed by atoms with Crippen LogP contribution in [-0.4, -0.2) is 26.5 Å². The standard InChI is InChI=1S/C16H15Cl2NO3/c1-21-15-6-3-10(7-16(15)22-2)14(20)9-19-11-4-5-12(17)13(18)8-11/h3-8,19H,9H2,1-2H3. The second-order valence-corrected chi connectivity index (χ2v) is 5.29. The van der Waals surface area contributed by atoms with Gasteiger partial charge in [0.15, 0.2) is 17.3 Å². The van der Waals surface area contributed by atoms with E-state index < -0.39 is 0 Å². The molecular formula is C16H15Cl2NO3. The monoisotopic (exact) mass is 339 g/mol. The Morgan fingerprint density at radius 1 is 1.00 bits per heavy atom. The van der Waals surface area contributed by atoms with Crippen molar-refractivity contribution < 1.29 is 14.3 Å². The van der Waals surface area contributed by atoms with Crippen molar-refractivity contribution in [1.29, 1.82) is 0 Å². The fraction of sp³-hybridized carbons (Fsp3) is 0.188. The van der Waals surface area contributed by atoms with Gasteiger partial charge in [-0.2, -0.15) is 0 Å². The molecule has 2 rings (SSSR count). The number of rotatable bonds is 6. The van der Waals surface area contributed by atoms with Crippen LogP contribution >= 0.6 is 23.2 Å². The minimum absolute atomic E-state index is 0.0768. The predicted molar refractivity (Wildman–Crippen MR) is 88.8 cm³/mol. The van der Waals surface area contributed by atoms with Gasteiger partial charge in [0.1, 0.15) is 0 Å². The molecule has 0 aliphatic rings. The van der Waals surface area contributed by atoms with Gasteiger partial charge >= 0.3 is 0 Å². The number of Topliss-reactive ketones (excluding diaryl/α,β-unsaturated/α-hetero) is 1. The molecule has 2 aromatic rings. The molecule has 0 unspecified atom stereocenters. The number of hydrogen-bond acceptors (Lipinski definition) is 4. The van der Waals surface area contributed by atoms with Gasteiger partial charge in [-0.3, -0.25) is 4.79 Å². The van der Waals surface area contributed by atoms with Gasteiger partial charge in [0.2, 0.25) is 0 Å². The van der Waals surface area contributed by atoms with E-state index in [0.717, 1.165) is 5.69 Å². The second-order valence-electron chi connectivity index (χ2n) is 4.48. The lowest BCUT2D eigenvalue weighted by molar-refractivity contribution is 0.101. The Morgan fingerprint density at radius 3 is 2.36 bits per heavy atom. The van der Waals surface area contributed by atoms with Crippen molar-refractivity contribution in [3.05, 3.63) is 52.0 Å². The van der Waals surface area contributed by atoms with Crippen molar-refractivity contribution >= 4 is 34.7 Å². The zero-order chi connectivity index (χ0) is 16.1. The number of hydrogen-bond donors (Lipinski definition) is 1. The molecule has 2 aromatic carbocycles. The summed E-state index contributed by atoms with van der Waals surface area (Å²) in [5, 5.41) is 3.92. The molecule has 1 N–H and O–H groups in total. The highest BCUT2D eigenvalue weighted by molar-refractivity contribution is 6.42. The maximum atomic E-state index is 12.2. The van der Waals surface area contributed by atoms with E-state index in [0.29, 0.717) is 27.1 Å². The number of benzene rings is 2. The third kappa shape index (κ3) is 3.84. The highest BCUT2D eigenvalue weighted by Crippen LogP contribution is 2.28. The molecule has 0 amide bonds. The summed E-state index contributed by atoms with van der Waals surface area (Å²) < 4.78 is 10.3. The quantitative estimate of drug-likeness (QED) is 0.797. The number of halogens is 2. The predicted octanol–water partition coefficient (Wildman–Crippen LogP) is 4.31. The molecule has 0 heterocycles. The van der Waals surface area contributed by atoms with Crippen molar-refractivity contribution in [2.75, 3.05) is 26.1 Å². The smallest absolute Gasteiger partial charge is 0.181 e. The van der Waals surface area contributed by atoms with Crippen LogP contribution in [0.3, 0.4) is 0 Å². The Labute approximate surface area is 138 Å². The summed E-state index contributed by atoms with van der Waals surface area (Å²) in [4.78, 5) is 12.2. The van der Waals surface area contributed by atoms with Crippen LogP contribution in [0.1, 0.15) is 10.4 Å². The lowest BCUT2D eigenvalue weighted by Crippen LogP contribution is -2.14. The summed E-state index contributed by atoms with van der Waals surface area (Å²) in [6.07, 6.45) is 0. The number of anilines is 1. The molecule has 0 atom stereocenters. The Bertz CT molecular complexity index is 689. The van der Waals surface area contributed by atoms with E-state index in [1.807, 2.05) is 0 Å². The molecule has 0 bridgehead atoms. The molecule has 0 saturated heterocycles. The van der Waals surface area contributed by atoms with E-state index in [2.05, 4.69) is 5.32 Å². The maximum Gasteiger partial charge on any atom is 0.181 e. The van der Waals surface area contributed by atoms with Crippen LogP contribution in [0.4, 0.5) is 5.69 Å². The van der Waals surface area contributed by atoms with Crippen LogP contribution < -0.4 is 14.8 Å². The zero-order valence-corrected chi connectivity index (χ0v) is 13.7. The first kappa shape index (κ1) is 16.5. The van der Waals surface area contributed by atoms with Gasteiger partial charge in [-0.05, 0) is 36.4 Å². The molecule has 0 saturated carbocycles. The van der Waals surface area contributed by atoms with Crippen molar-refractivity contribution in [1.82, 2.24) is 0 Å². The van der Waals surface area contributed by atoms with Crippen LogP contribution in [0, 0.1) is 0 Å². The first-order chi connectivity index (χ1) is 10.5. The van der Waals surface area contributed by atoms with E-state index in [1.54, 1.807) is 43.5 Å². The van der Waals surface area contributed by atoms with Gasteiger partial charge in [-0.15, -0.1) is 0 Å². The van der Waals surface area contributed by atoms with E-state index in [9.17, 15) is 4.79 Å². The first-order valence-electron chi connectivity index (χ1n) is 6.49. The van der Waals surface area contributed by atoms with E-state index in [1.165, 1.54) is 7.11 Å². The van der Waals surface area contributed by atoms with Gasteiger partial charge in [0, 0.05) is 11.3 Å². The molecule has 0 fully saturated rings. The summed E-state index contributed by atoms with van der Waals surface area (Å²) in [7, 11) is 3.07. The van der Waals surface area contributed by atoms with Crippen LogP contribution in [0.5, 0.6) is 11.5 Å². The normalized spacial score (nSPS) is 10.2. The van der Waals surface area contributed by atoms with Crippen LogP contribution in [0.25, 0.3) is 0 Å². The Balaban J connectivity index is 2.07. The van der Waals surface area contributed by atoms with Gasteiger partial charge in [0.05, 0.1) is 30.8 Å². The second kappa shape index (κ2) is 7.38. The van der Waals surface area contributed by atoms with Crippen LogP contribution in [0.15, 0.2) is 36.4 Å². The van der Waals surface area contributed by atoms with Gasteiger partial charge in [-0.25, -0.2) is 0 Å². The summed E-state index contributed by atoms with van der Waals surface area (Å²) in [5.74, 6) is 1.02. The Hall–Kier alpha value is -1.91. The molecule has 6 heteroatoms. The molecule has 0 aliphatic heterocycles. The maximum absolute atomic E-state index is 12.2. The summed E-state index contributed by atoms with van der Waals surface area (Å²) in [5.41, 5.74) is 1.26. The first-order valence-corrected chi connectivity index (χ1v) is 7.25. The molecule has 0 aliphatic carbocycles. The van der Waals surface area contributed by atoms with Crippen LogP contribution in [-0.2, 0) is 0 Å². The molecule has 22 heavy (non-hydrogen) atoms. The topological polar surface area (TPSA) is 47.6 Å². The zero-order valence-electron chi connectivity index (χ0n) is 12.2. The number of methoxy groups -OCH3 is 2. The molecular weight excluding hydrogens is 325 g/mol. The fourth-order valence-electron chi connectivity index (χ4n) is 1.90. The van der Waals surface area contributed by atoms with Gasteiger partial charge < -0.3 is 14.8 Å². The number of ether oxygens (including phenoxy) is 2. The van der Waals surface area contributed by atoms with E-state index in [-0.39, 0.29) is 12.3 Å². The van der Waals surface area contributed by atoms with Crippen molar-refractivity contribution in [2.45, 2.75) is 0 Å². The molecule has 0 radical (unpaired) electrons. The minimum atomic E-state index is -0.0768. The molecule has 4 nitrogen and oxygen atoms in total. The SMILES string of the molecule is COc1ccc(C(=O)CNc2ccc(Cl)c(Cl)c2)cc1OC. The lowest BCUT2D eigenvalue weighted by Gasteiger charge is -2.10. The van der Waals surface area contributed by atoms with Crippen molar-refractivity contribution in [3.8, 4) is 11.5 Å². The highest BCUT2D eigenvalue weighted by atomic mass is 35.5. The Morgan fingerprint density at radius 2 is 1.73 bits per heavy atom. The summed E-state index contributed by atoms with van der Waals surface area (Å²) in [6, 6.07) is 10.2. The summed E-state index contributed by atoms with van der Waals surface area (Å²) in [6.45, 7) is 0.132. The minimum Gasteiger partial charge on any atom is -0.493 e. The average molecular weight is 340 g/mol. The molecule has 0 spiro atoms. The third-order valence-electron chi connectivity index (χ3n) is 3.08. The third-order valence-corrected chi connectivity index (χ3v) is 3.82. The lowest BCUT2D eigenvalue weighted by atomic mass is 10.1. The molecule has 0 aromatic heterocycles. The van der Waals surface area contributed by atoms with E-state index >= 15 is 0 Å². The number of carbonyl (C=O) groups excluding carboxylic acids is 1. The molecule has 116 valence electrons. The number of nitrogens with one attached hydrogen (secondary N) is 1. The fourth-order valence-corrected chi connectivity index (χ4v) is 2.20. The number of carbonyl (C=O) groups is 1. The van der Waals surface area contributed by atoms with Gasteiger partial charge in [-0.1, -0.05) is 23.2 Å². The van der Waals surface area contributed by atoms with Crippen molar-refractivity contribution in [3.63, 3.8) is 0 Å².